The number of hydrogen-bond donors (Lipinski definition) is 0. The van der Waals surface area contributed by atoms with Gasteiger partial charge in [-0.25, -0.2) is 15.0 Å². The Hall–Kier alpha value is -12.4. The van der Waals surface area contributed by atoms with Crippen LogP contribution in [0.25, 0.3) is 117 Å². The van der Waals surface area contributed by atoms with Gasteiger partial charge < -0.3 is 14.4 Å². The van der Waals surface area contributed by atoms with E-state index in [0.717, 1.165) is 123 Å². The monoisotopic (exact) mass is 1310 g/mol. The average Bonchev–Trinajstić information content (AvgIpc) is 0.766. The van der Waals surface area contributed by atoms with Gasteiger partial charge in [0.25, 0.3) is 6.71 Å². The number of rotatable bonds is 11. The van der Waals surface area contributed by atoms with E-state index in [4.69, 9.17) is 15.0 Å². The molecular weight excluding hydrogens is 1240 g/mol. The van der Waals surface area contributed by atoms with Gasteiger partial charge in [-0.3, -0.25) is 0 Å². The molecule has 2 aromatic heterocycles. The highest BCUT2D eigenvalue weighted by molar-refractivity contribution is 7.00. The Bertz CT molecular complexity index is 5510. The summed E-state index contributed by atoms with van der Waals surface area (Å²) < 4.78 is 2.41. The van der Waals surface area contributed by atoms with Crippen molar-refractivity contribution in [2.75, 3.05) is 9.80 Å². The highest BCUT2D eigenvalue weighted by atomic mass is 15.2. The molecule has 0 radical (unpaired) electrons. The van der Waals surface area contributed by atoms with Crippen molar-refractivity contribution < 1.29 is 0 Å². The predicted molar refractivity (Wildman–Crippen MR) is 429 cm³/mol. The number of aromatic nitrogens is 4. The summed E-state index contributed by atoms with van der Waals surface area (Å²) in [6, 6.07) is 123. The number of hydrogen-bond acceptors (Lipinski definition) is 5. The highest BCUT2D eigenvalue weighted by Gasteiger charge is 2.45. The molecule has 0 unspecified atom stereocenters. The third-order valence-electron chi connectivity index (χ3n) is 20.7. The first-order valence-corrected chi connectivity index (χ1v) is 35.4. The van der Waals surface area contributed by atoms with Crippen LogP contribution in [-0.4, -0.2) is 26.2 Å². The fourth-order valence-electron chi connectivity index (χ4n) is 15.5. The molecule has 102 heavy (non-hydrogen) atoms. The van der Waals surface area contributed by atoms with Crippen molar-refractivity contribution in [3.63, 3.8) is 0 Å². The van der Waals surface area contributed by atoms with Gasteiger partial charge in [-0.15, -0.1) is 0 Å². The van der Waals surface area contributed by atoms with Crippen LogP contribution >= 0.6 is 0 Å². The Balaban J connectivity index is 0.926. The smallest absolute Gasteiger partial charge is 0.252 e. The topological polar surface area (TPSA) is 50.1 Å². The molecule has 16 aromatic rings. The minimum Gasteiger partial charge on any atom is -0.311 e. The number of fused-ring (bicyclic) bond motifs is 7. The largest absolute Gasteiger partial charge is 0.311 e. The lowest BCUT2D eigenvalue weighted by Gasteiger charge is -2.45. The molecule has 2 aliphatic heterocycles. The fraction of sp³-hybridized carbons (Fsp3) is 0.0842. The lowest BCUT2D eigenvalue weighted by atomic mass is 9.33. The standard InChI is InChI=1S/C95H73BN6/c1-94(2,3)74-46-48-81-86(60-74)100(76-53-69(62-29-13-7-14-30-62)51-70(54-76)63-31-15-8-16-32-63)88-58-73(59-89-90(88)96(81)82-49-47-75(95(4,5)6)61-87(82)101(89)77-55-71(64-33-17-9-18-34-64)52-72(56-77)65-35-19-10-20-36-65)68-45-50-85-80(57-68)78-41-25-27-43-83(78)102(85)84-44-28-26-42-79(84)93-98-91(66-37-21-11-22-38-66)97-92(99-93)67-39-23-12-24-40-67/h7-61H,1-6H3. The van der Waals surface area contributed by atoms with E-state index in [-0.39, 0.29) is 17.5 Å². The van der Waals surface area contributed by atoms with E-state index in [9.17, 15) is 0 Å². The van der Waals surface area contributed by atoms with Crippen molar-refractivity contribution >= 4 is 79.0 Å². The van der Waals surface area contributed by atoms with E-state index in [0.29, 0.717) is 17.5 Å². The van der Waals surface area contributed by atoms with Crippen molar-refractivity contribution in [2.24, 2.45) is 0 Å². The lowest BCUT2D eigenvalue weighted by Crippen LogP contribution is -2.61. The summed E-state index contributed by atoms with van der Waals surface area (Å²) in [6.45, 7) is 13.9. The van der Waals surface area contributed by atoms with Crippen LogP contribution in [-0.2, 0) is 10.8 Å². The SMILES string of the molecule is CC(C)(C)c1ccc2c(c1)N(c1cc(-c3ccccc3)cc(-c3ccccc3)c1)c1cc(-c3ccc4c(c3)c3ccccc3n4-c3ccccc3-c3nc(-c4ccccc4)nc(-c4ccccc4)n3)cc3c1B2c1ccc(C(C)(C)C)cc1N3c1cc(-c2ccccc2)cc(-c2ccccc2)c1. The maximum absolute atomic E-state index is 5.30. The molecule has 486 valence electrons. The lowest BCUT2D eigenvalue weighted by molar-refractivity contribution is 0.590. The van der Waals surface area contributed by atoms with Crippen LogP contribution in [0.4, 0.5) is 34.1 Å². The molecule has 0 saturated heterocycles. The second-order valence-electron chi connectivity index (χ2n) is 29.2. The highest BCUT2D eigenvalue weighted by Crippen LogP contribution is 2.51. The van der Waals surface area contributed by atoms with Gasteiger partial charge in [-0.1, -0.05) is 284 Å². The number of benzene rings is 14. The van der Waals surface area contributed by atoms with E-state index in [1.807, 2.05) is 36.4 Å². The molecule has 0 bridgehead atoms. The molecule has 4 heterocycles. The zero-order valence-corrected chi connectivity index (χ0v) is 58.0. The maximum atomic E-state index is 5.30. The van der Waals surface area contributed by atoms with Gasteiger partial charge in [0.1, 0.15) is 0 Å². The third-order valence-corrected chi connectivity index (χ3v) is 20.7. The van der Waals surface area contributed by atoms with Crippen LogP contribution < -0.4 is 26.2 Å². The van der Waals surface area contributed by atoms with Gasteiger partial charge in [0.05, 0.1) is 16.7 Å². The van der Waals surface area contributed by atoms with Gasteiger partial charge >= 0.3 is 0 Å². The molecule has 0 atom stereocenters. The summed E-state index contributed by atoms with van der Waals surface area (Å²) in [5.74, 6) is 1.83. The first-order chi connectivity index (χ1) is 49.8. The summed E-state index contributed by atoms with van der Waals surface area (Å²) >= 11 is 0. The maximum Gasteiger partial charge on any atom is 0.252 e. The quantitative estimate of drug-likeness (QED) is 0.121. The van der Waals surface area contributed by atoms with Crippen LogP contribution in [0.5, 0.6) is 0 Å². The van der Waals surface area contributed by atoms with Gasteiger partial charge in [-0.2, -0.15) is 0 Å². The summed E-state index contributed by atoms with van der Waals surface area (Å²) in [6.07, 6.45) is 0. The van der Waals surface area contributed by atoms with Gasteiger partial charge in [-0.05, 0) is 185 Å². The van der Waals surface area contributed by atoms with Crippen molar-refractivity contribution in [3.8, 4) is 95.5 Å². The Kier molecular flexibility index (Phi) is 15.0. The number of nitrogens with zero attached hydrogens (tertiary/aromatic N) is 6. The zero-order chi connectivity index (χ0) is 68.8. The van der Waals surface area contributed by atoms with Crippen LogP contribution in [0.15, 0.2) is 334 Å². The molecule has 18 rings (SSSR count). The van der Waals surface area contributed by atoms with Crippen LogP contribution in [0.3, 0.4) is 0 Å². The molecule has 0 fully saturated rings. The normalized spacial score (nSPS) is 12.5. The Morgan fingerprint density at radius 3 is 1.07 bits per heavy atom. The molecule has 0 N–H and O–H groups in total. The molecule has 6 nitrogen and oxygen atoms in total. The molecule has 14 aromatic carbocycles. The van der Waals surface area contributed by atoms with E-state index < -0.39 is 0 Å². The van der Waals surface area contributed by atoms with E-state index in [1.54, 1.807) is 0 Å². The van der Waals surface area contributed by atoms with E-state index in [2.05, 4.69) is 353 Å². The van der Waals surface area contributed by atoms with Crippen molar-refractivity contribution in [1.82, 2.24) is 19.5 Å². The minimum atomic E-state index is -0.158. The molecule has 7 heteroatoms. The fourth-order valence-corrected chi connectivity index (χ4v) is 15.5. The second kappa shape index (κ2) is 24.8. The second-order valence-corrected chi connectivity index (χ2v) is 29.2. The summed E-state index contributed by atoms with van der Waals surface area (Å²) in [4.78, 5) is 20.9. The van der Waals surface area contributed by atoms with E-state index in [1.165, 1.54) is 38.9 Å². The summed E-state index contributed by atoms with van der Waals surface area (Å²) in [7, 11) is 0. The molecule has 0 spiro atoms. The molecule has 0 amide bonds. The Labute approximate surface area is 597 Å². The van der Waals surface area contributed by atoms with Crippen LogP contribution in [0.2, 0.25) is 0 Å². The Morgan fingerprint density at radius 2 is 0.627 bits per heavy atom. The average molecular weight is 1310 g/mol. The van der Waals surface area contributed by atoms with Crippen LogP contribution in [0.1, 0.15) is 52.7 Å². The zero-order valence-electron chi connectivity index (χ0n) is 58.0. The molecular formula is C95H73BN6. The molecule has 0 aliphatic carbocycles. The third kappa shape index (κ3) is 11.0. The minimum absolute atomic E-state index is 0.140. The van der Waals surface area contributed by atoms with Crippen molar-refractivity contribution in [3.05, 3.63) is 345 Å². The van der Waals surface area contributed by atoms with E-state index >= 15 is 0 Å². The molecule has 2 aliphatic rings. The van der Waals surface area contributed by atoms with Crippen molar-refractivity contribution in [1.29, 1.82) is 0 Å². The van der Waals surface area contributed by atoms with Gasteiger partial charge in [0.2, 0.25) is 0 Å². The molecule has 0 saturated carbocycles. The number of para-hydroxylation sites is 2. The van der Waals surface area contributed by atoms with Crippen LogP contribution in [0, 0.1) is 0 Å². The first-order valence-electron chi connectivity index (χ1n) is 35.4. The number of anilines is 6. The van der Waals surface area contributed by atoms with Crippen molar-refractivity contribution in [2.45, 2.75) is 52.4 Å². The van der Waals surface area contributed by atoms with Gasteiger partial charge in [0, 0.05) is 61.6 Å². The summed E-state index contributed by atoms with van der Waals surface area (Å²) in [5, 5.41) is 2.27. The Morgan fingerprint density at radius 1 is 0.255 bits per heavy atom. The summed E-state index contributed by atoms with van der Waals surface area (Å²) in [5.41, 5.74) is 30.1. The van der Waals surface area contributed by atoms with Gasteiger partial charge in [0.15, 0.2) is 17.5 Å². The predicted octanol–water partition coefficient (Wildman–Crippen LogP) is 23.0. The first kappa shape index (κ1) is 61.9.